The van der Waals surface area contributed by atoms with Crippen molar-refractivity contribution in [3.8, 4) is 0 Å². The van der Waals surface area contributed by atoms with E-state index in [1.54, 1.807) is 0 Å². The van der Waals surface area contributed by atoms with Crippen LogP contribution in [0.15, 0.2) is 24.3 Å². The molecule has 0 unspecified atom stereocenters. The summed E-state index contributed by atoms with van der Waals surface area (Å²) >= 11 is 0. The number of aromatic nitrogens is 1. The van der Waals surface area contributed by atoms with Crippen LogP contribution in [0.5, 0.6) is 0 Å². The quantitative estimate of drug-likeness (QED) is 0.901. The zero-order chi connectivity index (χ0) is 14.8. The number of hydrogen-bond donors (Lipinski definition) is 2. The third-order valence-electron chi connectivity index (χ3n) is 3.96. The Morgan fingerprint density at radius 2 is 2.05 bits per heavy atom. The molecule has 1 saturated heterocycles. The van der Waals surface area contributed by atoms with Gasteiger partial charge in [0.25, 0.3) is 0 Å². The first-order valence-corrected chi connectivity index (χ1v) is 7.33. The van der Waals surface area contributed by atoms with E-state index < -0.39 is 5.97 Å². The van der Waals surface area contributed by atoms with E-state index >= 15 is 0 Å². The number of aromatic carboxylic acids is 1. The molecule has 0 amide bonds. The van der Waals surface area contributed by atoms with Gasteiger partial charge in [0.15, 0.2) is 0 Å². The molecule has 2 N–H and O–H groups in total. The van der Waals surface area contributed by atoms with Crippen LogP contribution in [0, 0.1) is 0 Å². The van der Waals surface area contributed by atoms with E-state index in [9.17, 15) is 9.90 Å². The van der Waals surface area contributed by atoms with Crippen LogP contribution in [0.2, 0.25) is 0 Å². The number of fused-ring (bicyclic) bond motifs is 1. The summed E-state index contributed by atoms with van der Waals surface area (Å²) < 4.78 is 0. The minimum absolute atomic E-state index is 0.359. The van der Waals surface area contributed by atoms with Crippen LogP contribution in [0.25, 0.3) is 10.9 Å². The summed E-state index contributed by atoms with van der Waals surface area (Å²) in [4.78, 5) is 18.5. The average molecular weight is 285 g/mol. The Hall–Kier alpha value is -2.14. The fourth-order valence-electron chi connectivity index (χ4n) is 2.96. The number of aryl methyl sites for hydroxylation is 1. The summed E-state index contributed by atoms with van der Waals surface area (Å²) in [5.41, 5.74) is 2.10. The standard InChI is InChI=1S/C16H19N3O2/c1-2-11-12-5-3-4-6-13(12)18-15(14(11)16(20)21)19-9-7-17-8-10-19/h3-6,17H,2,7-10H2,1H3,(H,20,21). The van der Waals surface area contributed by atoms with Gasteiger partial charge in [0.05, 0.1) is 5.52 Å². The number of carbonyl (C=O) groups is 1. The van der Waals surface area contributed by atoms with Gasteiger partial charge in [0.1, 0.15) is 11.4 Å². The number of rotatable bonds is 3. The number of anilines is 1. The maximum Gasteiger partial charge on any atom is 0.339 e. The van der Waals surface area contributed by atoms with Gasteiger partial charge in [-0.3, -0.25) is 0 Å². The smallest absolute Gasteiger partial charge is 0.339 e. The van der Waals surface area contributed by atoms with Crippen LogP contribution in [0.3, 0.4) is 0 Å². The molecule has 21 heavy (non-hydrogen) atoms. The minimum Gasteiger partial charge on any atom is -0.478 e. The molecule has 0 aliphatic carbocycles. The van der Waals surface area contributed by atoms with E-state index in [4.69, 9.17) is 0 Å². The summed E-state index contributed by atoms with van der Waals surface area (Å²) in [6.07, 6.45) is 0.684. The number of nitrogens with one attached hydrogen (secondary N) is 1. The van der Waals surface area contributed by atoms with Gasteiger partial charge in [-0.25, -0.2) is 9.78 Å². The molecule has 2 heterocycles. The number of pyridine rings is 1. The van der Waals surface area contributed by atoms with Crippen molar-refractivity contribution in [2.24, 2.45) is 0 Å². The van der Waals surface area contributed by atoms with Crippen LogP contribution in [0.1, 0.15) is 22.8 Å². The Bertz CT molecular complexity index is 679. The molecular weight excluding hydrogens is 266 g/mol. The molecule has 1 aromatic carbocycles. The Morgan fingerprint density at radius 1 is 1.33 bits per heavy atom. The summed E-state index contributed by atoms with van der Waals surface area (Å²) in [6, 6.07) is 7.77. The number of para-hydroxylation sites is 1. The summed E-state index contributed by atoms with van der Waals surface area (Å²) in [7, 11) is 0. The van der Waals surface area contributed by atoms with Crippen molar-refractivity contribution in [2.45, 2.75) is 13.3 Å². The van der Waals surface area contributed by atoms with E-state index in [2.05, 4.69) is 15.2 Å². The van der Waals surface area contributed by atoms with Crippen LogP contribution in [-0.2, 0) is 6.42 Å². The fraction of sp³-hybridized carbons (Fsp3) is 0.375. The van der Waals surface area contributed by atoms with Crippen LogP contribution >= 0.6 is 0 Å². The molecule has 5 nitrogen and oxygen atoms in total. The molecule has 2 aromatic rings. The molecule has 3 rings (SSSR count). The van der Waals surface area contributed by atoms with Crippen molar-refractivity contribution < 1.29 is 9.90 Å². The van der Waals surface area contributed by atoms with Gasteiger partial charge in [-0.1, -0.05) is 25.1 Å². The summed E-state index contributed by atoms with van der Waals surface area (Å²) in [6.45, 7) is 5.28. The van der Waals surface area contributed by atoms with Gasteiger partial charge in [-0.05, 0) is 18.1 Å². The maximum absolute atomic E-state index is 11.8. The normalized spacial score (nSPS) is 15.4. The molecule has 0 radical (unpaired) electrons. The van der Waals surface area contributed by atoms with E-state index in [-0.39, 0.29) is 0 Å². The van der Waals surface area contributed by atoms with E-state index in [0.717, 1.165) is 42.6 Å². The fourth-order valence-corrected chi connectivity index (χ4v) is 2.96. The number of carboxylic acid groups (broad SMARTS) is 1. The lowest BCUT2D eigenvalue weighted by atomic mass is 9.99. The monoisotopic (exact) mass is 285 g/mol. The third-order valence-corrected chi connectivity index (χ3v) is 3.96. The topological polar surface area (TPSA) is 65.5 Å². The molecule has 0 spiro atoms. The molecule has 0 atom stereocenters. The number of piperazine rings is 1. The molecule has 110 valence electrons. The van der Waals surface area contributed by atoms with E-state index in [1.807, 2.05) is 31.2 Å². The van der Waals surface area contributed by atoms with Crippen LogP contribution in [-0.4, -0.2) is 42.2 Å². The highest BCUT2D eigenvalue weighted by atomic mass is 16.4. The van der Waals surface area contributed by atoms with Crippen molar-refractivity contribution in [1.82, 2.24) is 10.3 Å². The first-order chi connectivity index (χ1) is 10.2. The minimum atomic E-state index is -0.890. The van der Waals surface area contributed by atoms with Gasteiger partial charge in [0.2, 0.25) is 0 Å². The largest absolute Gasteiger partial charge is 0.478 e. The predicted octanol–water partition coefficient (Wildman–Crippen LogP) is 1.90. The van der Waals surface area contributed by atoms with E-state index in [0.29, 0.717) is 17.8 Å². The highest BCUT2D eigenvalue weighted by Crippen LogP contribution is 2.29. The van der Waals surface area contributed by atoms with Crippen LogP contribution < -0.4 is 10.2 Å². The SMILES string of the molecule is CCc1c(C(=O)O)c(N2CCNCC2)nc2ccccc12. The van der Waals surface area contributed by atoms with Gasteiger partial charge >= 0.3 is 5.97 Å². The number of benzene rings is 1. The van der Waals surface area contributed by atoms with Crippen molar-refractivity contribution in [1.29, 1.82) is 0 Å². The Labute approximate surface area is 123 Å². The van der Waals surface area contributed by atoms with Crippen molar-refractivity contribution >= 4 is 22.7 Å². The Balaban J connectivity index is 2.26. The van der Waals surface area contributed by atoms with Gasteiger partial charge in [-0.15, -0.1) is 0 Å². The molecule has 1 fully saturated rings. The second kappa shape index (κ2) is 5.69. The molecule has 1 aromatic heterocycles. The average Bonchev–Trinajstić information content (AvgIpc) is 2.53. The highest BCUT2D eigenvalue weighted by molar-refractivity contribution is 6.01. The second-order valence-electron chi connectivity index (χ2n) is 5.20. The van der Waals surface area contributed by atoms with Crippen molar-refractivity contribution in [2.75, 3.05) is 31.1 Å². The molecule has 0 bridgehead atoms. The molecule has 1 aliphatic heterocycles. The molecule has 0 saturated carbocycles. The lowest BCUT2D eigenvalue weighted by Gasteiger charge is -2.30. The lowest BCUT2D eigenvalue weighted by Crippen LogP contribution is -2.44. The van der Waals surface area contributed by atoms with Gasteiger partial charge < -0.3 is 15.3 Å². The maximum atomic E-state index is 11.8. The number of hydrogen-bond acceptors (Lipinski definition) is 4. The van der Waals surface area contributed by atoms with Crippen LogP contribution in [0.4, 0.5) is 5.82 Å². The molecular formula is C16H19N3O2. The zero-order valence-corrected chi connectivity index (χ0v) is 12.1. The number of carboxylic acids is 1. The Morgan fingerprint density at radius 3 is 2.71 bits per heavy atom. The first kappa shape index (κ1) is 13.8. The summed E-state index contributed by atoms with van der Waals surface area (Å²) in [5, 5.41) is 13.9. The van der Waals surface area contributed by atoms with Gasteiger partial charge in [-0.2, -0.15) is 0 Å². The second-order valence-corrected chi connectivity index (χ2v) is 5.20. The highest BCUT2D eigenvalue weighted by Gasteiger charge is 2.24. The Kier molecular flexibility index (Phi) is 3.75. The molecule has 1 aliphatic rings. The van der Waals surface area contributed by atoms with Gasteiger partial charge in [0, 0.05) is 31.6 Å². The lowest BCUT2D eigenvalue weighted by molar-refractivity contribution is 0.0696. The first-order valence-electron chi connectivity index (χ1n) is 7.33. The number of nitrogens with zero attached hydrogens (tertiary/aromatic N) is 2. The summed E-state index contributed by atoms with van der Waals surface area (Å²) in [5.74, 6) is -0.279. The third kappa shape index (κ3) is 2.45. The van der Waals surface area contributed by atoms with Crippen molar-refractivity contribution in [3.05, 3.63) is 35.4 Å². The predicted molar refractivity (Wildman–Crippen MR) is 83.2 cm³/mol. The van der Waals surface area contributed by atoms with E-state index in [1.165, 1.54) is 0 Å². The molecule has 5 heteroatoms. The van der Waals surface area contributed by atoms with Crippen molar-refractivity contribution in [3.63, 3.8) is 0 Å². The zero-order valence-electron chi connectivity index (χ0n) is 12.1.